The summed E-state index contributed by atoms with van der Waals surface area (Å²) in [7, 11) is 0. The maximum Gasteiger partial charge on any atom is 0.249 e. The van der Waals surface area contributed by atoms with Crippen LogP contribution in [0.25, 0.3) is 0 Å². The first-order valence-corrected chi connectivity index (χ1v) is 4.58. The fourth-order valence-corrected chi connectivity index (χ4v) is 1.26. The fraction of sp³-hybridized carbons (Fsp3) is 0.500. The molecule has 16 heavy (non-hydrogen) atoms. The highest BCUT2D eigenvalue weighted by Crippen LogP contribution is 2.01. The van der Waals surface area contributed by atoms with Crippen LogP contribution in [0.15, 0.2) is 0 Å². The number of nitrogens with two attached hydrogens (primary N) is 2. The van der Waals surface area contributed by atoms with Crippen LogP contribution in [0.2, 0.25) is 0 Å². The molecule has 1 unspecified atom stereocenters. The quantitative estimate of drug-likeness (QED) is 0.373. The van der Waals surface area contributed by atoms with Crippen molar-refractivity contribution in [1.29, 1.82) is 0 Å². The molecule has 0 aromatic rings. The number of carbonyl (C=O) groups is 4. The molecule has 0 bridgehead atoms. The summed E-state index contributed by atoms with van der Waals surface area (Å²) in [4.78, 5) is 43.7. The second-order valence-electron chi connectivity index (χ2n) is 3.45. The van der Waals surface area contributed by atoms with E-state index in [2.05, 4.69) is 5.32 Å². The topological polar surface area (TPSA) is 144 Å². The summed E-state index contributed by atoms with van der Waals surface area (Å²) in [5.74, 6) is -2.44. The van der Waals surface area contributed by atoms with Crippen LogP contribution in [0.4, 0.5) is 0 Å². The summed E-state index contributed by atoms with van der Waals surface area (Å²) in [6, 6.07) is -2.03. The lowest BCUT2D eigenvalue weighted by molar-refractivity contribution is -0.129. The number of hydrogen-bond donors (Lipinski definition) is 4. The molecule has 1 aliphatic rings. The van der Waals surface area contributed by atoms with Crippen molar-refractivity contribution in [3.63, 3.8) is 0 Å². The molecule has 8 heteroatoms. The minimum atomic E-state index is -1.11. The number of rotatable bonds is 4. The van der Waals surface area contributed by atoms with Crippen LogP contribution in [0.5, 0.6) is 0 Å². The molecular formula is C8H12N4O4. The van der Waals surface area contributed by atoms with E-state index in [1.807, 2.05) is 5.32 Å². The van der Waals surface area contributed by atoms with Gasteiger partial charge in [0.2, 0.25) is 23.6 Å². The summed E-state index contributed by atoms with van der Waals surface area (Å²) < 4.78 is 0. The van der Waals surface area contributed by atoms with Crippen molar-refractivity contribution in [3.8, 4) is 0 Å². The lowest BCUT2D eigenvalue weighted by Gasteiger charge is -2.13. The Morgan fingerprint density at radius 3 is 2.56 bits per heavy atom. The Balaban J connectivity index is 2.48. The van der Waals surface area contributed by atoms with Crippen LogP contribution in [0.3, 0.4) is 0 Å². The van der Waals surface area contributed by atoms with E-state index in [9.17, 15) is 19.2 Å². The first-order chi connectivity index (χ1) is 7.40. The summed E-state index contributed by atoms with van der Waals surface area (Å²) in [6.45, 7) is 0. The van der Waals surface area contributed by atoms with Crippen molar-refractivity contribution >= 4 is 23.6 Å². The van der Waals surface area contributed by atoms with Gasteiger partial charge in [0.25, 0.3) is 0 Å². The second kappa shape index (κ2) is 4.71. The Kier molecular flexibility index (Phi) is 3.56. The summed E-state index contributed by atoms with van der Waals surface area (Å²) >= 11 is 0. The van der Waals surface area contributed by atoms with Crippen molar-refractivity contribution < 1.29 is 19.2 Å². The molecule has 1 heterocycles. The monoisotopic (exact) mass is 228 g/mol. The molecular weight excluding hydrogens is 216 g/mol. The van der Waals surface area contributed by atoms with Crippen LogP contribution >= 0.6 is 0 Å². The third-order valence-electron chi connectivity index (χ3n) is 2.04. The third kappa shape index (κ3) is 3.02. The molecule has 1 rings (SSSR count). The molecule has 0 radical (unpaired) electrons. The van der Waals surface area contributed by atoms with Crippen molar-refractivity contribution in [2.75, 3.05) is 0 Å². The lowest BCUT2D eigenvalue weighted by atomic mass is 10.1. The Hall–Kier alpha value is -1.96. The maximum atomic E-state index is 11.4. The van der Waals surface area contributed by atoms with Gasteiger partial charge >= 0.3 is 0 Å². The molecule has 1 saturated heterocycles. The van der Waals surface area contributed by atoms with Gasteiger partial charge in [-0.15, -0.1) is 0 Å². The van der Waals surface area contributed by atoms with Gasteiger partial charge in [0, 0.05) is 0 Å². The van der Waals surface area contributed by atoms with E-state index in [1.165, 1.54) is 0 Å². The zero-order chi connectivity index (χ0) is 12.3. The van der Waals surface area contributed by atoms with Gasteiger partial charge in [0.1, 0.15) is 6.04 Å². The van der Waals surface area contributed by atoms with Gasteiger partial charge in [-0.05, 0) is 0 Å². The molecule has 88 valence electrons. The molecule has 0 aliphatic carbocycles. The van der Waals surface area contributed by atoms with E-state index in [1.54, 1.807) is 0 Å². The van der Waals surface area contributed by atoms with E-state index in [0.29, 0.717) is 0 Å². The van der Waals surface area contributed by atoms with Crippen molar-refractivity contribution in [3.05, 3.63) is 0 Å². The highest BCUT2D eigenvalue weighted by atomic mass is 16.2. The molecule has 0 aromatic carbocycles. The molecule has 2 atom stereocenters. The first kappa shape index (κ1) is 12.1. The van der Waals surface area contributed by atoms with Gasteiger partial charge in [-0.3, -0.25) is 24.5 Å². The first-order valence-electron chi connectivity index (χ1n) is 4.58. The van der Waals surface area contributed by atoms with Gasteiger partial charge < -0.3 is 16.8 Å². The molecule has 6 N–H and O–H groups in total. The molecule has 0 spiro atoms. The smallest absolute Gasteiger partial charge is 0.249 e. The molecule has 4 amide bonds. The van der Waals surface area contributed by atoms with Crippen molar-refractivity contribution in [1.82, 2.24) is 10.6 Å². The average molecular weight is 228 g/mol. The average Bonchev–Trinajstić information content (AvgIpc) is 2.43. The summed E-state index contributed by atoms with van der Waals surface area (Å²) in [6.07, 6.45) is -0.429. The minimum Gasteiger partial charge on any atom is -0.370 e. The van der Waals surface area contributed by atoms with Gasteiger partial charge in [-0.1, -0.05) is 0 Å². The lowest BCUT2D eigenvalue weighted by Crippen LogP contribution is -2.49. The Morgan fingerprint density at radius 2 is 2.12 bits per heavy atom. The standard InChI is InChI=1S/C8H12N4O4/c9-3(1-5(10)13)7(15)11-4-2-6(14)12-8(4)16/h3-4H,1-2,9H2,(H2,10,13)(H,11,15)(H,12,14,16)/t3-,4?/m0/s1. The summed E-state index contributed by atoms with van der Waals surface area (Å²) in [5, 5.41) is 4.29. The van der Waals surface area contributed by atoms with Crippen LogP contribution in [0, 0.1) is 0 Å². The zero-order valence-electron chi connectivity index (χ0n) is 8.36. The van der Waals surface area contributed by atoms with E-state index >= 15 is 0 Å². The van der Waals surface area contributed by atoms with Crippen LogP contribution in [-0.4, -0.2) is 35.7 Å². The van der Waals surface area contributed by atoms with Gasteiger partial charge in [0.15, 0.2) is 0 Å². The fourth-order valence-electron chi connectivity index (χ4n) is 1.26. The van der Waals surface area contributed by atoms with Crippen molar-refractivity contribution in [2.24, 2.45) is 11.5 Å². The van der Waals surface area contributed by atoms with Crippen LogP contribution in [-0.2, 0) is 19.2 Å². The number of primary amides is 1. The molecule has 8 nitrogen and oxygen atoms in total. The maximum absolute atomic E-state index is 11.4. The number of imide groups is 1. The van der Waals surface area contributed by atoms with Gasteiger partial charge in [-0.25, -0.2) is 0 Å². The predicted molar refractivity (Wildman–Crippen MR) is 51.5 cm³/mol. The van der Waals surface area contributed by atoms with E-state index in [0.717, 1.165) is 0 Å². The largest absolute Gasteiger partial charge is 0.370 e. The number of amides is 4. The zero-order valence-corrected chi connectivity index (χ0v) is 8.36. The predicted octanol–water partition coefficient (Wildman–Crippen LogP) is -3.28. The highest BCUT2D eigenvalue weighted by Gasteiger charge is 2.32. The van der Waals surface area contributed by atoms with Crippen LogP contribution < -0.4 is 22.1 Å². The normalized spacial score (nSPS) is 21.4. The van der Waals surface area contributed by atoms with E-state index < -0.39 is 35.7 Å². The van der Waals surface area contributed by atoms with Gasteiger partial charge in [-0.2, -0.15) is 0 Å². The Morgan fingerprint density at radius 1 is 1.50 bits per heavy atom. The number of carbonyl (C=O) groups excluding carboxylic acids is 4. The third-order valence-corrected chi connectivity index (χ3v) is 2.04. The summed E-state index contributed by atoms with van der Waals surface area (Å²) in [5.41, 5.74) is 10.2. The highest BCUT2D eigenvalue weighted by molar-refractivity contribution is 6.07. The van der Waals surface area contributed by atoms with E-state index in [-0.39, 0.29) is 12.8 Å². The molecule has 0 saturated carbocycles. The number of nitrogens with one attached hydrogen (secondary N) is 2. The molecule has 1 aliphatic heterocycles. The second-order valence-corrected chi connectivity index (χ2v) is 3.45. The minimum absolute atomic E-state index is 0.117. The SMILES string of the molecule is NC(=O)C[C@H](N)C(=O)NC1CC(=O)NC1=O. The van der Waals surface area contributed by atoms with Crippen molar-refractivity contribution in [2.45, 2.75) is 24.9 Å². The number of hydrogen-bond acceptors (Lipinski definition) is 5. The molecule has 1 fully saturated rings. The van der Waals surface area contributed by atoms with Crippen LogP contribution in [0.1, 0.15) is 12.8 Å². The van der Waals surface area contributed by atoms with Gasteiger partial charge in [0.05, 0.1) is 18.9 Å². The molecule has 0 aromatic heterocycles. The van der Waals surface area contributed by atoms with E-state index in [4.69, 9.17) is 11.5 Å². The Labute approximate surface area is 90.7 Å². The Bertz CT molecular complexity index is 354.